The van der Waals surface area contributed by atoms with Crippen LogP contribution >= 0.6 is 11.8 Å². The van der Waals surface area contributed by atoms with E-state index in [0.717, 1.165) is 24.6 Å². The number of nitrogens with one attached hydrogen (secondary N) is 2. The van der Waals surface area contributed by atoms with Gasteiger partial charge in [-0.3, -0.25) is 9.32 Å². The van der Waals surface area contributed by atoms with Crippen LogP contribution in [0.4, 0.5) is 5.69 Å². The SMILES string of the molecule is CCCCOC(=O)c1ccc(NC(=O)C(CC)Sc2c(=O)o[nH][n+]2-c2ccc(OC)cc2)cc1. The number of unbranched alkanes of at least 4 members (excludes halogenated alkanes) is 1. The smallest absolute Gasteiger partial charge is 0.442 e. The molecule has 2 N–H and O–H groups in total. The molecule has 0 aliphatic carbocycles. The summed E-state index contributed by atoms with van der Waals surface area (Å²) in [5.74, 6) is 0.0127. The van der Waals surface area contributed by atoms with E-state index in [0.29, 0.717) is 35.7 Å². The first-order valence-electron chi connectivity index (χ1n) is 11.0. The van der Waals surface area contributed by atoms with Gasteiger partial charge in [-0.25, -0.2) is 9.59 Å². The number of ether oxygens (including phenoxy) is 2. The van der Waals surface area contributed by atoms with Crippen molar-refractivity contribution in [1.29, 1.82) is 0 Å². The molecule has 0 saturated carbocycles. The highest BCUT2D eigenvalue weighted by atomic mass is 32.2. The second kappa shape index (κ2) is 12.1. The van der Waals surface area contributed by atoms with Gasteiger partial charge in [-0.15, -0.1) is 0 Å². The molecule has 34 heavy (non-hydrogen) atoms. The summed E-state index contributed by atoms with van der Waals surface area (Å²) in [6.07, 6.45) is 2.24. The molecule has 1 aromatic heterocycles. The number of H-pyrrole nitrogens is 1. The van der Waals surface area contributed by atoms with Crippen molar-refractivity contribution in [3.8, 4) is 11.4 Å². The average Bonchev–Trinajstić information content (AvgIpc) is 3.22. The number of carbonyl (C=O) groups is 2. The molecule has 1 atom stereocenters. The molecule has 180 valence electrons. The number of hydrogen-bond acceptors (Lipinski definition) is 7. The van der Waals surface area contributed by atoms with E-state index in [2.05, 4.69) is 10.6 Å². The summed E-state index contributed by atoms with van der Waals surface area (Å²) in [7, 11) is 1.57. The lowest BCUT2D eigenvalue weighted by atomic mass is 10.2. The number of rotatable bonds is 11. The largest absolute Gasteiger partial charge is 0.497 e. The van der Waals surface area contributed by atoms with Crippen molar-refractivity contribution in [3.63, 3.8) is 0 Å². The summed E-state index contributed by atoms with van der Waals surface area (Å²) < 4.78 is 16.8. The highest BCUT2D eigenvalue weighted by Gasteiger charge is 2.30. The van der Waals surface area contributed by atoms with Crippen LogP contribution < -0.4 is 20.4 Å². The second-order valence-corrected chi connectivity index (χ2v) is 8.58. The van der Waals surface area contributed by atoms with Crippen LogP contribution in [0.15, 0.2) is 62.9 Å². The molecule has 1 amide bonds. The van der Waals surface area contributed by atoms with Crippen LogP contribution in [0, 0.1) is 0 Å². The summed E-state index contributed by atoms with van der Waals surface area (Å²) in [5, 5.41) is 5.10. The summed E-state index contributed by atoms with van der Waals surface area (Å²) in [5.41, 5.74) is 1.04. The molecule has 1 unspecified atom stereocenters. The number of aromatic amines is 1. The van der Waals surface area contributed by atoms with Crippen molar-refractivity contribution in [1.82, 2.24) is 5.27 Å². The Morgan fingerprint density at radius 3 is 2.44 bits per heavy atom. The van der Waals surface area contributed by atoms with Crippen LogP contribution in [0.25, 0.3) is 5.69 Å². The molecule has 10 heteroatoms. The fourth-order valence-electron chi connectivity index (χ4n) is 3.03. The molecule has 1 heterocycles. The maximum atomic E-state index is 12.9. The standard InChI is InChI=1S/C24H27N3O6S/c1-4-6-15-32-23(29)16-7-9-17(10-8-16)25-21(28)20(5-2)34-22-24(30)33-26-27(22)18-11-13-19(31-3)14-12-18/h7-14,20H,4-6,15H2,1-3H3,(H-,25,26,28,29,30)/p+1. The van der Waals surface area contributed by atoms with E-state index in [1.165, 1.54) is 4.68 Å². The van der Waals surface area contributed by atoms with E-state index < -0.39 is 16.8 Å². The lowest BCUT2D eigenvalue weighted by Gasteiger charge is -2.12. The van der Waals surface area contributed by atoms with Gasteiger partial charge in [-0.1, -0.05) is 20.3 Å². The number of anilines is 1. The lowest BCUT2D eigenvalue weighted by Crippen LogP contribution is -2.37. The normalized spacial score (nSPS) is 11.6. The molecule has 0 aliphatic heterocycles. The number of aromatic nitrogens is 2. The molecule has 0 fully saturated rings. The number of hydrogen-bond donors (Lipinski definition) is 2. The number of methoxy groups -OCH3 is 1. The molecular formula is C24H28N3O6S+. The van der Waals surface area contributed by atoms with Gasteiger partial charge in [0.2, 0.25) is 11.6 Å². The first-order valence-corrected chi connectivity index (χ1v) is 11.9. The summed E-state index contributed by atoms with van der Waals surface area (Å²) in [6, 6.07) is 13.6. The predicted octanol–water partition coefficient (Wildman–Crippen LogP) is 3.72. The van der Waals surface area contributed by atoms with Crippen molar-refractivity contribution in [3.05, 3.63) is 64.5 Å². The minimum atomic E-state index is -0.571. The number of esters is 1. The first-order chi connectivity index (χ1) is 16.5. The molecule has 0 saturated heterocycles. The van der Waals surface area contributed by atoms with E-state index in [-0.39, 0.29) is 10.9 Å². The van der Waals surface area contributed by atoms with Gasteiger partial charge in [0.05, 0.1) is 24.5 Å². The molecule has 0 radical (unpaired) electrons. The molecule has 0 aliphatic rings. The van der Waals surface area contributed by atoms with Crippen LogP contribution in [0.2, 0.25) is 0 Å². The van der Waals surface area contributed by atoms with Gasteiger partial charge in [-0.2, -0.15) is 0 Å². The van der Waals surface area contributed by atoms with Crippen LogP contribution in [0.3, 0.4) is 0 Å². The quantitative estimate of drug-likeness (QED) is 0.184. The van der Waals surface area contributed by atoms with E-state index in [9.17, 15) is 14.4 Å². The number of carbonyl (C=O) groups excluding carboxylic acids is 2. The lowest BCUT2D eigenvalue weighted by molar-refractivity contribution is -0.704. The van der Waals surface area contributed by atoms with Crippen LogP contribution in [-0.4, -0.2) is 36.1 Å². The fourth-order valence-corrected chi connectivity index (χ4v) is 4.02. The topological polar surface area (TPSA) is 115 Å². The Morgan fingerprint density at radius 1 is 1.12 bits per heavy atom. The zero-order chi connectivity index (χ0) is 24.5. The molecule has 0 bridgehead atoms. The van der Waals surface area contributed by atoms with Crippen molar-refractivity contribution in [2.75, 3.05) is 19.0 Å². The Hall–Kier alpha value is -3.53. The molecule has 9 nitrogen and oxygen atoms in total. The predicted molar refractivity (Wildman–Crippen MR) is 128 cm³/mol. The fraction of sp³-hybridized carbons (Fsp3) is 0.333. The molecule has 2 aromatic carbocycles. The minimum absolute atomic E-state index is 0.248. The van der Waals surface area contributed by atoms with Crippen molar-refractivity contribution < 1.29 is 28.3 Å². The van der Waals surface area contributed by atoms with E-state index in [1.54, 1.807) is 55.6 Å². The van der Waals surface area contributed by atoms with Gasteiger partial charge >= 0.3 is 16.6 Å². The Labute approximate surface area is 201 Å². The van der Waals surface area contributed by atoms with Gasteiger partial charge in [-0.05, 0) is 71.0 Å². The van der Waals surface area contributed by atoms with Gasteiger partial charge in [0.25, 0.3) is 0 Å². The highest BCUT2D eigenvalue weighted by Crippen LogP contribution is 2.23. The summed E-state index contributed by atoms with van der Waals surface area (Å²) >= 11 is 1.11. The van der Waals surface area contributed by atoms with Crippen molar-refractivity contribution in [2.24, 2.45) is 0 Å². The molecule has 3 aromatic rings. The Kier molecular flexibility index (Phi) is 8.92. The summed E-state index contributed by atoms with van der Waals surface area (Å²) in [4.78, 5) is 37.3. The van der Waals surface area contributed by atoms with Gasteiger partial charge in [0.15, 0.2) is 0 Å². The third-order valence-corrected chi connectivity index (χ3v) is 6.38. The first kappa shape index (κ1) is 25.1. The number of benzene rings is 2. The number of amides is 1. The molecule has 0 spiro atoms. The highest BCUT2D eigenvalue weighted by molar-refractivity contribution is 8.00. The van der Waals surface area contributed by atoms with Gasteiger partial charge in [0.1, 0.15) is 5.75 Å². The van der Waals surface area contributed by atoms with Crippen molar-refractivity contribution in [2.45, 2.75) is 43.4 Å². The zero-order valence-electron chi connectivity index (χ0n) is 19.3. The molecular weight excluding hydrogens is 458 g/mol. The van der Waals surface area contributed by atoms with Crippen LogP contribution in [0.5, 0.6) is 5.75 Å². The third-order valence-electron chi connectivity index (χ3n) is 4.97. The average molecular weight is 487 g/mol. The number of nitrogens with zero attached hydrogens (tertiary/aromatic N) is 1. The Balaban J connectivity index is 1.68. The second-order valence-electron chi connectivity index (χ2n) is 7.39. The van der Waals surface area contributed by atoms with E-state index in [1.807, 2.05) is 13.8 Å². The van der Waals surface area contributed by atoms with Crippen LogP contribution in [0.1, 0.15) is 43.5 Å². The van der Waals surface area contributed by atoms with Gasteiger partial charge < -0.3 is 14.8 Å². The third kappa shape index (κ3) is 6.28. The van der Waals surface area contributed by atoms with E-state index >= 15 is 0 Å². The maximum absolute atomic E-state index is 12.9. The monoisotopic (exact) mass is 486 g/mol. The zero-order valence-corrected chi connectivity index (χ0v) is 20.1. The minimum Gasteiger partial charge on any atom is -0.497 e. The maximum Gasteiger partial charge on any atom is 0.442 e. The summed E-state index contributed by atoms with van der Waals surface area (Å²) in [6.45, 7) is 4.26. The Morgan fingerprint density at radius 2 is 1.82 bits per heavy atom. The van der Waals surface area contributed by atoms with Gasteiger partial charge in [0, 0.05) is 17.8 Å². The Bertz CT molecular complexity index is 1150. The van der Waals surface area contributed by atoms with E-state index in [4.69, 9.17) is 14.0 Å². The van der Waals surface area contributed by atoms with Crippen molar-refractivity contribution >= 4 is 29.3 Å². The number of thioether (sulfide) groups is 1. The van der Waals surface area contributed by atoms with Crippen LogP contribution in [-0.2, 0) is 9.53 Å². The molecule has 3 rings (SSSR count).